The maximum atomic E-state index is 12.2. The molecule has 21 heavy (non-hydrogen) atoms. The molecule has 4 atom stereocenters. The van der Waals surface area contributed by atoms with Crippen LogP contribution in [0.1, 0.15) is 24.8 Å². The molecular weight excluding hydrogens is 308 g/mol. The van der Waals surface area contributed by atoms with Crippen molar-refractivity contribution < 1.29 is 9.00 Å². The van der Waals surface area contributed by atoms with Gasteiger partial charge >= 0.3 is 0 Å². The molecule has 3 N–H and O–H groups in total. The lowest BCUT2D eigenvalue weighted by molar-refractivity contribution is -0.115. The molecule has 0 saturated carbocycles. The smallest absolute Gasteiger partial charge is 0.230 e. The molecule has 1 aromatic carbocycles. The minimum absolute atomic E-state index is 0.0645. The first-order valence-electron chi connectivity index (χ1n) is 7.10. The molecule has 1 fully saturated rings. The minimum Gasteiger partial charge on any atom is -0.369 e. The van der Waals surface area contributed by atoms with E-state index in [0.717, 1.165) is 24.5 Å². The number of halogens is 1. The van der Waals surface area contributed by atoms with Crippen LogP contribution in [0.5, 0.6) is 0 Å². The second-order valence-electron chi connectivity index (χ2n) is 5.51. The molecule has 4 nitrogen and oxygen atoms in total. The van der Waals surface area contributed by atoms with Crippen LogP contribution in [0.15, 0.2) is 24.3 Å². The Hall–Kier alpha value is -0.910. The molecular formula is C15H21ClN2O2S. The zero-order chi connectivity index (χ0) is 15.4. The van der Waals surface area contributed by atoms with E-state index in [0.29, 0.717) is 5.92 Å². The molecule has 116 valence electrons. The molecule has 0 aliphatic carbocycles. The number of piperidine rings is 1. The van der Waals surface area contributed by atoms with Crippen LogP contribution in [0.4, 0.5) is 0 Å². The molecule has 6 heteroatoms. The summed E-state index contributed by atoms with van der Waals surface area (Å²) in [6, 6.07) is 7.85. The van der Waals surface area contributed by atoms with Gasteiger partial charge in [-0.3, -0.25) is 9.00 Å². The molecule has 1 saturated heterocycles. The van der Waals surface area contributed by atoms with E-state index >= 15 is 0 Å². The van der Waals surface area contributed by atoms with Gasteiger partial charge in [-0.2, -0.15) is 0 Å². The van der Waals surface area contributed by atoms with Gasteiger partial charge in [0.15, 0.2) is 0 Å². The molecule has 0 spiro atoms. The molecule has 2 rings (SSSR count). The van der Waals surface area contributed by atoms with Crippen molar-refractivity contribution in [1.29, 1.82) is 0 Å². The van der Waals surface area contributed by atoms with Crippen LogP contribution in [0.3, 0.4) is 0 Å². The van der Waals surface area contributed by atoms with Gasteiger partial charge in [-0.25, -0.2) is 0 Å². The van der Waals surface area contributed by atoms with Gasteiger partial charge in [-0.15, -0.1) is 0 Å². The van der Waals surface area contributed by atoms with Gasteiger partial charge in [0.1, 0.15) is 5.75 Å². The highest BCUT2D eigenvalue weighted by Crippen LogP contribution is 2.34. The number of hydrogen-bond donors (Lipinski definition) is 2. The predicted octanol–water partition coefficient (Wildman–Crippen LogP) is 1.66. The van der Waals surface area contributed by atoms with Crippen molar-refractivity contribution in [2.75, 3.05) is 18.8 Å². The maximum Gasteiger partial charge on any atom is 0.230 e. The minimum atomic E-state index is -1.23. The van der Waals surface area contributed by atoms with Gasteiger partial charge in [0.2, 0.25) is 5.91 Å². The number of carbonyl (C=O) groups excluding carboxylic acids is 1. The number of primary amides is 1. The summed E-state index contributed by atoms with van der Waals surface area (Å²) in [7, 11) is -1.23. The fraction of sp³-hybridized carbons (Fsp3) is 0.533. The highest BCUT2D eigenvalue weighted by atomic mass is 35.5. The first kappa shape index (κ1) is 16.5. The zero-order valence-corrected chi connectivity index (χ0v) is 13.6. The molecule has 1 aromatic rings. The quantitative estimate of drug-likeness (QED) is 0.863. The average molecular weight is 329 g/mol. The van der Waals surface area contributed by atoms with Crippen LogP contribution in [-0.4, -0.2) is 34.2 Å². The topological polar surface area (TPSA) is 72.2 Å². The summed E-state index contributed by atoms with van der Waals surface area (Å²) >= 11 is 5.94. The van der Waals surface area contributed by atoms with Crippen LogP contribution in [0.2, 0.25) is 5.02 Å². The number of carbonyl (C=O) groups is 1. The van der Waals surface area contributed by atoms with E-state index in [1.165, 1.54) is 5.56 Å². The summed E-state index contributed by atoms with van der Waals surface area (Å²) in [5.74, 6) is -0.0205. The monoisotopic (exact) mass is 328 g/mol. The van der Waals surface area contributed by atoms with Crippen molar-refractivity contribution in [1.82, 2.24) is 5.32 Å². The summed E-state index contributed by atoms with van der Waals surface area (Å²) < 4.78 is 12.2. The first-order chi connectivity index (χ1) is 9.99. The second kappa shape index (κ2) is 7.38. The molecule has 0 radical (unpaired) electrons. The average Bonchev–Trinajstić information content (AvgIpc) is 2.46. The van der Waals surface area contributed by atoms with E-state index in [9.17, 15) is 9.00 Å². The van der Waals surface area contributed by atoms with E-state index in [1.807, 2.05) is 31.2 Å². The van der Waals surface area contributed by atoms with E-state index in [1.54, 1.807) is 0 Å². The van der Waals surface area contributed by atoms with Crippen LogP contribution in [0.25, 0.3) is 0 Å². The summed E-state index contributed by atoms with van der Waals surface area (Å²) in [5, 5.41) is 4.00. The Morgan fingerprint density at radius 1 is 1.48 bits per heavy atom. The van der Waals surface area contributed by atoms with Crippen molar-refractivity contribution in [2.45, 2.75) is 24.5 Å². The fourth-order valence-corrected chi connectivity index (χ4v) is 4.31. The Kier molecular flexibility index (Phi) is 5.79. The Bertz CT molecular complexity index is 521. The molecule has 1 amide bonds. The fourth-order valence-electron chi connectivity index (χ4n) is 2.97. The summed E-state index contributed by atoms with van der Waals surface area (Å²) in [4.78, 5) is 11.0. The number of amides is 1. The second-order valence-corrected chi connectivity index (χ2v) is 7.74. The third kappa shape index (κ3) is 4.28. The summed E-state index contributed by atoms with van der Waals surface area (Å²) in [6.07, 6.45) is 0.990. The van der Waals surface area contributed by atoms with Crippen molar-refractivity contribution in [3.05, 3.63) is 34.9 Å². The van der Waals surface area contributed by atoms with E-state index in [2.05, 4.69) is 5.32 Å². The predicted molar refractivity (Wildman–Crippen MR) is 86.8 cm³/mol. The number of nitrogens with one attached hydrogen (secondary N) is 1. The molecule has 1 aliphatic rings. The Balaban J connectivity index is 2.16. The van der Waals surface area contributed by atoms with Crippen molar-refractivity contribution in [2.24, 2.45) is 11.7 Å². The van der Waals surface area contributed by atoms with Gasteiger partial charge in [-0.1, -0.05) is 30.7 Å². The largest absolute Gasteiger partial charge is 0.369 e. The number of nitrogens with two attached hydrogens (primary N) is 1. The van der Waals surface area contributed by atoms with Gasteiger partial charge in [0, 0.05) is 21.1 Å². The normalized spacial score (nSPS) is 25.2. The standard InChI is InChI=1S/C15H21ClN2O2S/c1-10(21(20)9-15(17)19)14-8-18-7-6-13(14)11-2-4-12(16)5-3-11/h2-5,10,13-14,18H,6-9H2,1H3,(H2,17,19)/t10?,13-,14-,21?/m1/s1. The summed E-state index contributed by atoms with van der Waals surface area (Å²) in [5.41, 5.74) is 6.38. The number of hydrogen-bond acceptors (Lipinski definition) is 3. The van der Waals surface area contributed by atoms with Crippen LogP contribution in [0, 0.1) is 5.92 Å². The van der Waals surface area contributed by atoms with Gasteiger partial charge in [-0.05, 0) is 49.0 Å². The zero-order valence-electron chi connectivity index (χ0n) is 12.0. The van der Waals surface area contributed by atoms with Crippen molar-refractivity contribution in [3.8, 4) is 0 Å². The SMILES string of the molecule is CC([C@H]1CNCC[C@@H]1c1ccc(Cl)cc1)S(=O)CC(N)=O. The van der Waals surface area contributed by atoms with Gasteiger partial charge < -0.3 is 11.1 Å². The third-order valence-electron chi connectivity index (χ3n) is 4.13. The maximum absolute atomic E-state index is 12.2. The van der Waals surface area contributed by atoms with Crippen LogP contribution >= 0.6 is 11.6 Å². The lowest BCUT2D eigenvalue weighted by Gasteiger charge is -2.36. The highest BCUT2D eigenvalue weighted by molar-refractivity contribution is 7.86. The third-order valence-corrected chi connectivity index (χ3v) is 6.13. The molecule has 2 unspecified atom stereocenters. The van der Waals surface area contributed by atoms with Crippen LogP contribution in [-0.2, 0) is 15.6 Å². The number of benzene rings is 1. The molecule has 1 heterocycles. The number of rotatable bonds is 5. The Morgan fingerprint density at radius 3 is 2.76 bits per heavy atom. The van der Waals surface area contributed by atoms with Gasteiger partial charge in [0.25, 0.3) is 0 Å². The highest BCUT2D eigenvalue weighted by Gasteiger charge is 2.33. The van der Waals surface area contributed by atoms with Crippen LogP contribution < -0.4 is 11.1 Å². The summed E-state index contributed by atoms with van der Waals surface area (Å²) in [6.45, 7) is 3.69. The van der Waals surface area contributed by atoms with E-state index < -0.39 is 16.7 Å². The molecule has 0 aromatic heterocycles. The van der Waals surface area contributed by atoms with E-state index in [4.69, 9.17) is 17.3 Å². The Morgan fingerprint density at radius 2 is 2.14 bits per heavy atom. The molecule has 0 bridgehead atoms. The van der Waals surface area contributed by atoms with Crippen molar-refractivity contribution >= 4 is 28.3 Å². The Labute approximate surface area is 132 Å². The first-order valence-corrected chi connectivity index (χ1v) is 8.86. The molecule has 1 aliphatic heterocycles. The van der Waals surface area contributed by atoms with E-state index in [-0.39, 0.29) is 16.9 Å². The van der Waals surface area contributed by atoms with Crippen molar-refractivity contribution in [3.63, 3.8) is 0 Å². The lowest BCUT2D eigenvalue weighted by Crippen LogP contribution is -2.43. The lowest BCUT2D eigenvalue weighted by atomic mass is 9.79. The van der Waals surface area contributed by atoms with Gasteiger partial charge in [0.05, 0.1) is 0 Å².